The molecule has 0 aliphatic carbocycles. The van der Waals surface area contributed by atoms with Crippen LogP contribution in [0.2, 0.25) is 0 Å². The van der Waals surface area contributed by atoms with Gasteiger partial charge in [-0.2, -0.15) is 0 Å². The Labute approximate surface area is 218 Å². The highest BCUT2D eigenvalue weighted by Crippen LogP contribution is 2.26. The molecule has 4 aromatic rings. The van der Waals surface area contributed by atoms with Crippen molar-refractivity contribution < 1.29 is 9.59 Å². The zero-order valence-electron chi connectivity index (χ0n) is 20.6. The largest absolute Gasteiger partial charge is 0.342 e. The minimum absolute atomic E-state index is 0.168. The standard InChI is InChI=1S/C26H28N6O2S2/c1-5-32-23(18(4)27-24(34)20-8-6-7-17(3)13-20)30-31-26(32)36-15-22(33)29-25-28-21(14-35-25)19-11-9-16(2)10-12-19/h6-14,18H,5,15H2,1-4H3,(H,27,34)(H,28,29,33)/t18-/m0/s1. The quantitative estimate of drug-likeness (QED) is 0.292. The molecule has 8 nitrogen and oxygen atoms in total. The Morgan fingerprint density at radius 1 is 1.08 bits per heavy atom. The number of aromatic nitrogens is 4. The molecular weight excluding hydrogens is 492 g/mol. The van der Waals surface area contributed by atoms with Crippen LogP contribution in [-0.2, 0) is 11.3 Å². The molecule has 2 heterocycles. The number of aryl methyl sites for hydroxylation is 2. The van der Waals surface area contributed by atoms with E-state index in [0.29, 0.717) is 28.2 Å². The Morgan fingerprint density at radius 3 is 2.58 bits per heavy atom. The number of rotatable bonds is 9. The van der Waals surface area contributed by atoms with Gasteiger partial charge >= 0.3 is 0 Å². The SMILES string of the molecule is CCn1c(SCC(=O)Nc2nc(-c3ccc(C)cc3)cs2)nnc1[C@H](C)NC(=O)c1cccc(C)c1. The molecule has 0 aliphatic heterocycles. The maximum atomic E-state index is 12.7. The average molecular weight is 521 g/mol. The van der Waals surface area contributed by atoms with Gasteiger partial charge in [0.25, 0.3) is 5.91 Å². The van der Waals surface area contributed by atoms with E-state index in [1.807, 2.05) is 80.1 Å². The highest BCUT2D eigenvalue weighted by atomic mass is 32.2. The van der Waals surface area contributed by atoms with Crippen LogP contribution in [-0.4, -0.2) is 37.3 Å². The first-order chi connectivity index (χ1) is 17.3. The predicted octanol–water partition coefficient (Wildman–Crippen LogP) is 5.26. The molecule has 0 unspecified atom stereocenters. The summed E-state index contributed by atoms with van der Waals surface area (Å²) >= 11 is 2.69. The van der Waals surface area contributed by atoms with Crippen molar-refractivity contribution in [3.05, 3.63) is 76.4 Å². The molecule has 0 radical (unpaired) electrons. The third-order valence-electron chi connectivity index (χ3n) is 5.51. The van der Waals surface area contributed by atoms with Gasteiger partial charge in [-0.15, -0.1) is 21.5 Å². The Balaban J connectivity index is 1.35. The number of carbonyl (C=O) groups is 2. The van der Waals surface area contributed by atoms with E-state index in [4.69, 9.17) is 0 Å². The van der Waals surface area contributed by atoms with Gasteiger partial charge < -0.3 is 15.2 Å². The van der Waals surface area contributed by atoms with Crippen molar-refractivity contribution in [2.24, 2.45) is 0 Å². The van der Waals surface area contributed by atoms with Crippen molar-refractivity contribution in [3.8, 4) is 11.3 Å². The van der Waals surface area contributed by atoms with Gasteiger partial charge in [0.2, 0.25) is 5.91 Å². The highest BCUT2D eigenvalue weighted by Gasteiger charge is 2.20. The van der Waals surface area contributed by atoms with Gasteiger partial charge in [-0.3, -0.25) is 9.59 Å². The van der Waals surface area contributed by atoms with Gasteiger partial charge in [0.15, 0.2) is 16.1 Å². The maximum Gasteiger partial charge on any atom is 0.251 e. The van der Waals surface area contributed by atoms with Gasteiger partial charge in [-0.1, -0.05) is 59.3 Å². The molecule has 10 heteroatoms. The number of thiazole rings is 1. The van der Waals surface area contributed by atoms with Crippen LogP contribution in [0, 0.1) is 13.8 Å². The number of hydrogen-bond donors (Lipinski definition) is 2. The molecule has 2 N–H and O–H groups in total. The van der Waals surface area contributed by atoms with Crippen molar-refractivity contribution >= 4 is 40.0 Å². The molecule has 2 amide bonds. The molecule has 0 aliphatic rings. The summed E-state index contributed by atoms with van der Waals surface area (Å²) in [5.74, 6) is 0.475. The Kier molecular flexibility index (Phi) is 8.17. The first-order valence-electron chi connectivity index (χ1n) is 11.6. The smallest absolute Gasteiger partial charge is 0.251 e. The normalized spacial score (nSPS) is 11.8. The lowest BCUT2D eigenvalue weighted by atomic mass is 10.1. The second-order valence-corrected chi connectivity index (χ2v) is 10.2. The number of carbonyl (C=O) groups excluding carboxylic acids is 2. The van der Waals surface area contributed by atoms with Crippen LogP contribution < -0.4 is 10.6 Å². The lowest BCUT2D eigenvalue weighted by Crippen LogP contribution is -2.28. The number of benzene rings is 2. The number of nitrogens with one attached hydrogen (secondary N) is 2. The Bertz CT molecular complexity index is 1360. The second-order valence-electron chi connectivity index (χ2n) is 8.39. The summed E-state index contributed by atoms with van der Waals surface area (Å²) in [5, 5.41) is 17.5. The Morgan fingerprint density at radius 2 is 1.86 bits per heavy atom. The van der Waals surface area contributed by atoms with E-state index in [-0.39, 0.29) is 23.6 Å². The maximum absolute atomic E-state index is 12.7. The molecule has 0 fully saturated rings. The van der Waals surface area contributed by atoms with Crippen LogP contribution in [0.1, 0.15) is 47.2 Å². The fourth-order valence-electron chi connectivity index (χ4n) is 3.63. The van der Waals surface area contributed by atoms with Crippen molar-refractivity contribution in [3.63, 3.8) is 0 Å². The van der Waals surface area contributed by atoms with E-state index in [1.165, 1.54) is 28.7 Å². The molecule has 4 rings (SSSR count). The average Bonchev–Trinajstić information content (AvgIpc) is 3.50. The van der Waals surface area contributed by atoms with Gasteiger partial charge in [0.05, 0.1) is 17.5 Å². The third-order valence-corrected chi connectivity index (χ3v) is 7.23. The second kappa shape index (κ2) is 11.5. The van der Waals surface area contributed by atoms with Crippen molar-refractivity contribution in [2.45, 2.75) is 45.4 Å². The first kappa shape index (κ1) is 25.6. The summed E-state index contributed by atoms with van der Waals surface area (Å²) < 4.78 is 1.91. The van der Waals surface area contributed by atoms with Crippen LogP contribution in [0.25, 0.3) is 11.3 Å². The van der Waals surface area contributed by atoms with E-state index < -0.39 is 0 Å². The lowest BCUT2D eigenvalue weighted by Gasteiger charge is -2.15. The first-order valence-corrected chi connectivity index (χ1v) is 13.5. The molecule has 1 atom stereocenters. The topological polar surface area (TPSA) is 102 Å². The van der Waals surface area contributed by atoms with E-state index in [0.717, 1.165) is 16.8 Å². The molecule has 0 bridgehead atoms. The van der Waals surface area contributed by atoms with Crippen molar-refractivity contribution in [1.29, 1.82) is 0 Å². The zero-order chi connectivity index (χ0) is 25.7. The number of amides is 2. The molecule has 0 saturated heterocycles. The van der Waals surface area contributed by atoms with Crippen LogP contribution in [0.5, 0.6) is 0 Å². The van der Waals surface area contributed by atoms with Crippen LogP contribution >= 0.6 is 23.1 Å². The minimum atomic E-state index is -0.343. The molecule has 0 saturated carbocycles. The number of thioether (sulfide) groups is 1. The highest BCUT2D eigenvalue weighted by molar-refractivity contribution is 7.99. The van der Waals surface area contributed by atoms with Crippen LogP contribution in [0.4, 0.5) is 5.13 Å². The molecule has 186 valence electrons. The fourth-order valence-corrected chi connectivity index (χ4v) is 5.17. The monoisotopic (exact) mass is 520 g/mol. The lowest BCUT2D eigenvalue weighted by molar-refractivity contribution is -0.113. The molecule has 2 aromatic carbocycles. The van der Waals surface area contributed by atoms with Gasteiger partial charge in [-0.25, -0.2) is 4.98 Å². The van der Waals surface area contributed by atoms with Gasteiger partial charge in [-0.05, 0) is 39.8 Å². The summed E-state index contributed by atoms with van der Waals surface area (Å²) in [6, 6.07) is 15.2. The summed E-state index contributed by atoms with van der Waals surface area (Å²) in [5.41, 5.74) is 4.65. The number of anilines is 1. The van der Waals surface area contributed by atoms with Gasteiger partial charge in [0, 0.05) is 23.1 Å². The molecule has 2 aromatic heterocycles. The third kappa shape index (κ3) is 6.19. The fraction of sp³-hybridized carbons (Fsp3) is 0.269. The molecular formula is C26H28N6O2S2. The predicted molar refractivity (Wildman–Crippen MR) is 144 cm³/mol. The van der Waals surface area contributed by atoms with Gasteiger partial charge in [0.1, 0.15) is 0 Å². The molecule has 36 heavy (non-hydrogen) atoms. The summed E-state index contributed by atoms with van der Waals surface area (Å²) in [6.45, 7) is 8.46. The van der Waals surface area contributed by atoms with E-state index in [9.17, 15) is 9.59 Å². The van der Waals surface area contributed by atoms with E-state index in [2.05, 4.69) is 25.8 Å². The van der Waals surface area contributed by atoms with Crippen LogP contribution in [0.3, 0.4) is 0 Å². The van der Waals surface area contributed by atoms with E-state index >= 15 is 0 Å². The summed E-state index contributed by atoms with van der Waals surface area (Å²) in [7, 11) is 0. The molecule has 0 spiro atoms. The summed E-state index contributed by atoms with van der Waals surface area (Å²) in [4.78, 5) is 29.7. The van der Waals surface area contributed by atoms with E-state index in [1.54, 1.807) is 6.07 Å². The van der Waals surface area contributed by atoms with Crippen molar-refractivity contribution in [1.82, 2.24) is 25.1 Å². The number of nitrogens with zero attached hydrogens (tertiary/aromatic N) is 4. The minimum Gasteiger partial charge on any atom is -0.342 e. The number of hydrogen-bond acceptors (Lipinski definition) is 7. The Hall–Kier alpha value is -3.50. The van der Waals surface area contributed by atoms with Crippen molar-refractivity contribution in [2.75, 3.05) is 11.1 Å². The zero-order valence-corrected chi connectivity index (χ0v) is 22.2. The van der Waals surface area contributed by atoms with Crippen LogP contribution in [0.15, 0.2) is 59.1 Å². The summed E-state index contributed by atoms with van der Waals surface area (Å²) in [6.07, 6.45) is 0.